The van der Waals surface area contributed by atoms with Gasteiger partial charge in [0.15, 0.2) is 0 Å². The topological polar surface area (TPSA) is 192 Å². The molecule has 11 nitrogen and oxygen atoms in total. The zero-order valence-corrected chi connectivity index (χ0v) is 12.4. The van der Waals surface area contributed by atoms with Gasteiger partial charge in [0, 0.05) is 12.8 Å². The average molecular weight is 337 g/mol. The third-order valence-corrected chi connectivity index (χ3v) is 2.88. The van der Waals surface area contributed by atoms with E-state index in [4.69, 9.17) is 15.4 Å². The quantitative estimate of drug-likeness (QED) is 0.0826. The van der Waals surface area contributed by atoms with Crippen LogP contribution in [0.15, 0.2) is 5.10 Å². The number of aliphatic hydroxyl groups is 5. The highest BCUT2D eigenvalue weighted by Gasteiger charge is 2.29. The summed E-state index contributed by atoms with van der Waals surface area (Å²) in [6.07, 6.45) is -5.22. The van der Waals surface area contributed by atoms with Gasteiger partial charge in [0.05, 0.1) is 12.8 Å². The largest absolute Gasteiger partial charge is 0.394 e. The molecule has 8 N–H and O–H groups in total. The van der Waals surface area contributed by atoms with Crippen molar-refractivity contribution in [1.82, 2.24) is 10.9 Å². The maximum Gasteiger partial charge on any atom is 0.243 e. The lowest BCUT2D eigenvalue weighted by Crippen LogP contribution is -2.46. The normalized spacial score (nSPS) is 16.6. The summed E-state index contributed by atoms with van der Waals surface area (Å²) in [6.45, 7) is -0.798. The molecule has 0 spiro atoms. The number of rotatable bonds is 11. The van der Waals surface area contributed by atoms with E-state index >= 15 is 0 Å². The predicted molar refractivity (Wildman–Crippen MR) is 76.1 cm³/mol. The molecule has 0 saturated heterocycles. The van der Waals surface area contributed by atoms with Gasteiger partial charge in [-0.3, -0.25) is 14.8 Å². The van der Waals surface area contributed by atoms with Gasteiger partial charge in [-0.05, 0) is 12.8 Å². The SMILES string of the molecule is O=C(CCCCC(=O)NN=C[C@H](O)[C@H](O)[C@@H](O)[C@@H](O)CO)NO. The zero-order valence-electron chi connectivity index (χ0n) is 12.4. The van der Waals surface area contributed by atoms with Gasteiger partial charge >= 0.3 is 0 Å². The first-order chi connectivity index (χ1) is 10.8. The first-order valence-corrected chi connectivity index (χ1v) is 6.91. The second-order valence-corrected chi connectivity index (χ2v) is 4.78. The molecular weight excluding hydrogens is 314 g/mol. The number of nitrogens with zero attached hydrogens (tertiary/aromatic N) is 1. The number of carbonyl (C=O) groups is 2. The zero-order chi connectivity index (χ0) is 17.8. The summed E-state index contributed by atoms with van der Waals surface area (Å²) in [5.74, 6) is -1.05. The number of nitrogens with one attached hydrogen (secondary N) is 2. The summed E-state index contributed by atoms with van der Waals surface area (Å²) in [7, 11) is 0. The van der Waals surface area contributed by atoms with Crippen LogP contribution >= 0.6 is 0 Å². The highest BCUT2D eigenvalue weighted by molar-refractivity contribution is 5.77. The summed E-state index contributed by atoms with van der Waals surface area (Å²) >= 11 is 0. The lowest BCUT2D eigenvalue weighted by molar-refractivity contribution is -0.129. The van der Waals surface area contributed by atoms with E-state index < -0.39 is 42.8 Å². The van der Waals surface area contributed by atoms with E-state index in [1.165, 1.54) is 5.48 Å². The van der Waals surface area contributed by atoms with Gasteiger partial charge in [0.2, 0.25) is 11.8 Å². The van der Waals surface area contributed by atoms with E-state index in [1.54, 1.807) is 0 Å². The number of hydrogen-bond acceptors (Lipinski definition) is 9. The molecule has 11 heteroatoms. The average Bonchev–Trinajstić information content (AvgIpc) is 2.55. The molecule has 134 valence electrons. The monoisotopic (exact) mass is 337 g/mol. The molecule has 0 saturated carbocycles. The molecule has 0 heterocycles. The lowest BCUT2D eigenvalue weighted by atomic mass is 10.0. The van der Waals surface area contributed by atoms with Crippen molar-refractivity contribution < 1.29 is 40.3 Å². The van der Waals surface area contributed by atoms with Crippen molar-refractivity contribution in [3.63, 3.8) is 0 Å². The van der Waals surface area contributed by atoms with Crippen LogP contribution < -0.4 is 10.9 Å². The van der Waals surface area contributed by atoms with E-state index in [9.17, 15) is 24.9 Å². The van der Waals surface area contributed by atoms with Crippen molar-refractivity contribution >= 4 is 18.0 Å². The van der Waals surface area contributed by atoms with Crippen molar-refractivity contribution in [2.24, 2.45) is 5.10 Å². The van der Waals surface area contributed by atoms with Gasteiger partial charge in [-0.2, -0.15) is 5.10 Å². The number of hydroxylamine groups is 1. The minimum Gasteiger partial charge on any atom is -0.394 e. The molecule has 0 bridgehead atoms. The standard InChI is InChI=1S/C12H23N3O8/c16-6-8(18)12(22)11(21)7(17)5-13-14-9(19)3-1-2-4-10(20)15-23/h5,7-8,11-12,16-18,21-23H,1-4,6H2,(H,14,19)(H,15,20)/t7-,8-,11-,12-/m0/s1. The van der Waals surface area contributed by atoms with Crippen LogP contribution in [0, 0.1) is 0 Å². The summed E-state index contributed by atoms with van der Waals surface area (Å²) in [6, 6.07) is 0. The van der Waals surface area contributed by atoms with Gasteiger partial charge in [-0.15, -0.1) is 0 Å². The van der Waals surface area contributed by atoms with Gasteiger partial charge in [-0.1, -0.05) is 0 Å². The van der Waals surface area contributed by atoms with Crippen molar-refractivity contribution in [1.29, 1.82) is 0 Å². The number of carbonyl (C=O) groups excluding carboxylic acids is 2. The summed E-state index contributed by atoms with van der Waals surface area (Å²) in [5, 5.41) is 57.6. The molecule has 0 rings (SSSR count). The van der Waals surface area contributed by atoms with Crippen LogP contribution in [0.25, 0.3) is 0 Å². The van der Waals surface area contributed by atoms with Crippen LogP contribution in [-0.4, -0.2) is 79.8 Å². The molecule has 0 aliphatic heterocycles. The molecule has 0 aromatic rings. The van der Waals surface area contributed by atoms with Crippen LogP contribution in [0.4, 0.5) is 0 Å². The van der Waals surface area contributed by atoms with Crippen molar-refractivity contribution in [2.75, 3.05) is 6.61 Å². The third-order valence-electron chi connectivity index (χ3n) is 2.88. The molecular formula is C12H23N3O8. The lowest BCUT2D eigenvalue weighted by Gasteiger charge is -2.23. The van der Waals surface area contributed by atoms with Gasteiger partial charge < -0.3 is 25.5 Å². The van der Waals surface area contributed by atoms with E-state index in [-0.39, 0.29) is 12.8 Å². The van der Waals surface area contributed by atoms with Crippen LogP contribution in [0.5, 0.6) is 0 Å². The van der Waals surface area contributed by atoms with E-state index in [0.29, 0.717) is 12.8 Å². The Labute approximate surface area is 132 Å². The van der Waals surface area contributed by atoms with Crippen LogP contribution in [-0.2, 0) is 9.59 Å². The second-order valence-electron chi connectivity index (χ2n) is 4.78. The fraction of sp³-hybridized carbons (Fsp3) is 0.750. The Morgan fingerprint density at radius 2 is 1.57 bits per heavy atom. The Morgan fingerprint density at radius 3 is 2.09 bits per heavy atom. The molecule has 0 aliphatic rings. The fourth-order valence-electron chi connectivity index (χ4n) is 1.49. The Kier molecular flexibility index (Phi) is 11.0. The minimum absolute atomic E-state index is 0.0561. The highest BCUT2D eigenvalue weighted by Crippen LogP contribution is 2.04. The molecule has 0 aromatic carbocycles. The van der Waals surface area contributed by atoms with Gasteiger partial charge in [0.1, 0.15) is 24.4 Å². The second kappa shape index (κ2) is 11.9. The molecule has 23 heavy (non-hydrogen) atoms. The summed E-state index contributed by atoms with van der Waals surface area (Å²) in [5.41, 5.74) is 3.53. The first kappa shape index (κ1) is 21.4. The number of amides is 2. The van der Waals surface area contributed by atoms with Crippen LogP contribution in [0.1, 0.15) is 25.7 Å². The van der Waals surface area contributed by atoms with E-state index in [2.05, 4.69) is 10.5 Å². The highest BCUT2D eigenvalue weighted by atomic mass is 16.5. The molecule has 0 radical (unpaired) electrons. The summed E-state index contributed by atoms with van der Waals surface area (Å²) in [4.78, 5) is 22.1. The Bertz CT molecular complexity index is 393. The Balaban J connectivity index is 4.02. The molecule has 4 atom stereocenters. The smallest absolute Gasteiger partial charge is 0.243 e. The van der Waals surface area contributed by atoms with Crippen molar-refractivity contribution in [3.8, 4) is 0 Å². The first-order valence-electron chi connectivity index (χ1n) is 6.91. The summed E-state index contributed by atoms with van der Waals surface area (Å²) < 4.78 is 0. The van der Waals surface area contributed by atoms with E-state index in [0.717, 1.165) is 6.21 Å². The molecule has 0 aromatic heterocycles. The number of hydrazone groups is 1. The maximum absolute atomic E-state index is 11.4. The maximum atomic E-state index is 11.4. The number of hydrogen-bond donors (Lipinski definition) is 8. The minimum atomic E-state index is -1.80. The van der Waals surface area contributed by atoms with Crippen molar-refractivity contribution in [3.05, 3.63) is 0 Å². The fourth-order valence-corrected chi connectivity index (χ4v) is 1.49. The predicted octanol–water partition coefficient (Wildman–Crippen LogP) is -3.41. The van der Waals surface area contributed by atoms with E-state index in [1.807, 2.05) is 0 Å². The number of unbranched alkanes of at least 4 members (excludes halogenated alkanes) is 1. The Hall–Kier alpha value is -1.63. The van der Waals surface area contributed by atoms with Crippen molar-refractivity contribution in [2.45, 2.75) is 50.1 Å². The molecule has 2 amide bonds. The number of aliphatic hydroxyl groups excluding tert-OH is 5. The molecule has 0 fully saturated rings. The Morgan fingerprint density at radius 1 is 1.00 bits per heavy atom. The molecule has 0 aliphatic carbocycles. The van der Waals surface area contributed by atoms with Crippen LogP contribution in [0.3, 0.4) is 0 Å². The molecule has 0 unspecified atom stereocenters. The van der Waals surface area contributed by atoms with Crippen LogP contribution in [0.2, 0.25) is 0 Å². The third kappa shape index (κ3) is 9.18. The van der Waals surface area contributed by atoms with Gasteiger partial charge in [-0.25, -0.2) is 10.9 Å². The van der Waals surface area contributed by atoms with Gasteiger partial charge in [0.25, 0.3) is 0 Å².